The molecule has 5 heteroatoms. The van der Waals surface area contributed by atoms with E-state index in [4.69, 9.17) is 17.3 Å². The van der Waals surface area contributed by atoms with Gasteiger partial charge in [0.25, 0.3) is 0 Å². The number of thioether (sulfide) groups is 1. The van der Waals surface area contributed by atoms with Crippen molar-refractivity contribution in [2.75, 3.05) is 6.26 Å². The Morgan fingerprint density at radius 3 is 2.39 bits per heavy atom. The average molecular weight is 378 g/mol. The van der Waals surface area contributed by atoms with Gasteiger partial charge in [-0.05, 0) is 41.6 Å². The Hall–Kier alpha value is -0.910. The Morgan fingerprint density at radius 1 is 1.00 bits per heavy atom. The molecular weight excluding hydrogens is 362 g/mol. The van der Waals surface area contributed by atoms with Crippen LogP contribution in [0.15, 0.2) is 68.6 Å². The molecule has 0 saturated carbocycles. The fraction of sp³-hybridized carbons (Fsp3) is 0.111. The van der Waals surface area contributed by atoms with Gasteiger partial charge in [-0.2, -0.15) is 0 Å². The van der Waals surface area contributed by atoms with Crippen LogP contribution in [0.3, 0.4) is 0 Å². The lowest BCUT2D eigenvalue weighted by atomic mass is 10.1. The molecule has 0 unspecified atom stereocenters. The van der Waals surface area contributed by atoms with E-state index in [1.54, 1.807) is 34.9 Å². The molecular formula is C18H16ClNS3. The van der Waals surface area contributed by atoms with E-state index in [-0.39, 0.29) is 0 Å². The van der Waals surface area contributed by atoms with E-state index in [0.717, 1.165) is 9.90 Å². The molecule has 1 heterocycles. The summed E-state index contributed by atoms with van der Waals surface area (Å²) in [6.45, 7) is 0.490. The molecule has 118 valence electrons. The van der Waals surface area contributed by atoms with E-state index in [1.165, 1.54) is 25.1 Å². The topological polar surface area (TPSA) is 26.0 Å². The molecule has 0 atom stereocenters. The summed E-state index contributed by atoms with van der Waals surface area (Å²) >= 11 is 11.4. The minimum atomic E-state index is 0.490. The predicted molar refractivity (Wildman–Crippen MR) is 105 cm³/mol. The van der Waals surface area contributed by atoms with Gasteiger partial charge in [-0.3, -0.25) is 0 Å². The molecule has 0 saturated heterocycles. The monoisotopic (exact) mass is 377 g/mol. The Balaban J connectivity index is 1.95. The van der Waals surface area contributed by atoms with Crippen LogP contribution in [0.2, 0.25) is 5.02 Å². The Morgan fingerprint density at radius 2 is 1.74 bits per heavy atom. The summed E-state index contributed by atoms with van der Waals surface area (Å²) in [6.07, 6.45) is 2.10. The summed E-state index contributed by atoms with van der Waals surface area (Å²) in [5.41, 5.74) is 8.19. The van der Waals surface area contributed by atoms with E-state index in [9.17, 15) is 0 Å². The summed E-state index contributed by atoms with van der Waals surface area (Å²) in [4.78, 5) is 3.52. The van der Waals surface area contributed by atoms with Gasteiger partial charge in [-0.25, -0.2) is 0 Å². The first kappa shape index (κ1) is 16.9. The third-order valence-corrected chi connectivity index (χ3v) is 6.76. The zero-order chi connectivity index (χ0) is 16.2. The average Bonchev–Trinajstić information content (AvgIpc) is 2.94. The smallest absolute Gasteiger partial charge is 0.0665 e. The molecule has 2 N–H and O–H groups in total. The normalized spacial score (nSPS) is 10.9. The van der Waals surface area contributed by atoms with E-state index in [1.807, 2.05) is 12.1 Å². The number of nitrogens with two attached hydrogens (primary N) is 1. The maximum absolute atomic E-state index is 6.21. The number of halogens is 1. The maximum atomic E-state index is 6.21. The van der Waals surface area contributed by atoms with Gasteiger partial charge in [0.05, 0.1) is 9.23 Å². The van der Waals surface area contributed by atoms with Gasteiger partial charge in [-0.1, -0.05) is 53.7 Å². The molecule has 0 bridgehead atoms. The quantitative estimate of drug-likeness (QED) is 0.521. The molecule has 0 fully saturated rings. The van der Waals surface area contributed by atoms with Crippen LogP contribution < -0.4 is 5.73 Å². The lowest BCUT2D eigenvalue weighted by molar-refractivity contribution is 1.11. The van der Waals surface area contributed by atoms with Crippen molar-refractivity contribution >= 4 is 46.5 Å². The Kier molecular flexibility index (Phi) is 5.72. The van der Waals surface area contributed by atoms with E-state index < -0.39 is 0 Å². The maximum Gasteiger partial charge on any atom is 0.0665 e. The third-order valence-electron chi connectivity index (χ3n) is 3.36. The van der Waals surface area contributed by atoms with Crippen molar-refractivity contribution in [3.8, 4) is 11.1 Å². The second-order valence-electron chi connectivity index (χ2n) is 4.91. The number of benzene rings is 2. The molecule has 0 amide bonds. The summed E-state index contributed by atoms with van der Waals surface area (Å²) in [7, 11) is 0. The van der Waals surface area contributed by atoms with Gasteiger partial charge in [-0.15, -0.1) is 23.1 Å². The SMILES string of the molecule is CSc1cc(Sc2cc(Cl)c(CN)s2)cc(-c2ccccc2)c1. The van der Waals surface area contributed by atoms with Crippen LogP contribution in [0, 0.1) is 0 Å². The number of hydrogen-bond acceptors (Lipinski definition) is 4. The van der Waals surface area contributed by atoms with Gasteiger partial charge in [0, 0.05) is 21.2 Å². The van der Waals surface area contributed by atoms with Crippen LogP contribution in [-0.2, 0) is 6.54 Å². The fourth-order valence-electron chi connectivity index (χ4n) is 2.24. The van der Waals surface area contributed by atoms with Crippen LogP contribution in [0.5, 0.6) is 0 Å². The molecule has 1 aromatic heterocycles. The highest BCUT2D eigenvalue weighted by molar-refractivity contribution is 8.01. The number of rotatable bonds is 5. The lowest BCUT2D eigenvalue weighted by Gasteiger charge is -2.08. The fourth-order valence-corrected chi connectivity index (χ4v) is 5.43. The number of thiophene rings is 1. The Bertz CT molecular complexity index is 799. The van der Waals surface area contributed by atoms with Crippen molar-refractivity contribution in [3.05, 3.63) is 64.5 Å². The molecule has 0 aliphatic heterocycles. The largest absolute Gasteiger partial charge is 0.326 e. The first-order valence-electron chi connectivity index (χ1n) is 7.10. The minimum Gasteiger partial charge on any atom is -0.326 e. The van der Waals surface area contributed by atoms with Gasteiger partial charge in [0.1, 0.15) is 0 Å². The summed E-state index contributed by atoms with van der Waals surface area (Å²) in [6, 6.07) is 19.2. The molecule has 23 heavy (non-hydrogen) atoms. The van der Waals surface area contributed by atoms with Crippen molar-refractivity contribution in [2.24, 2.45) is 5.73 Å². The van der Waals surface area contributed by atoms with Crippen LogP contribution in [0.25, 0.3) is 11.1 Å². The molecule has 2 aromatic carbocycles. The molecule has 1 nitrogen and oxygen atoms in total. The van der Waals surface area contributed by atoms with E-state index in [2.05, 4.69) is 48.7 Å². The van der Waals surface area contributed by atoms with Gasteiger partial charge >= 0.3 is 0 Å². The molecule has 0 aliphatic rings. The van der Waals surface area contributed by atoms with Crippen LogP contribution in [0.4, 0.5) is 0 Å². The molecule has 3 rings (SSSR count). The summed E-state index contributed by atoms with van der Waals surface area (Å²) in [5.74, 6) is 0. The van der Waals surface area contributed by atoms with Gasteiger partial charge < -0.3 is 5.73 Å². The molecule has 0 aliphatic carbocycles. The first-order valence-corrected chi connectivity index (χ1v) is 10.3. The first-order chi connectivity index (χ1) is 11.2. The van der Waals surface area contributed by atoms with Gasteiger partial charge in [0.15, 0.2) is 0 Å². The summed E-state index contributed by atoms with van der Waals surface area (Å²) in [5, 5.41) is 0.768. The van der Waals surface area contributed by atoms with E-state index in [0.29, 0.717) is 6.54 Å². The summed E-state index contributed by atoms with van der Waals surface area (Å²) < 4.78 is 1.17. The van der Waals surface area contributed by atoms with E-state index >= 15 is 0 Å². The van der Waals surface area contributed by atoms with Crippen molar-refractivity contribution in [3.63, 3.8) is 0 Å². The van der Waals surface area contributed by atoms with Crippen LogP contribution >= 0.6 is 46.5 Å². The second kappa shape index (κ2) is 7.77. The Labute approximate surface area is 154 Å². The highest BCUT2D eigenvalue weighted by Crippen LogP contribution is 2.40. The van der Waals surface area contributed by atoms with Crippen molar-refractivity contribution < 1.29 is 0 Å². The van der Waals surface area contributed by atoms with Crippen LogP contribution in [-0.4, -0.2) is 6.26 Å². The van der Waals surface area contributed by atoms with Crippen molar-refractivity contribution in [1.29, 1.82) is 0 Å². The predicted octanol–water partition coefficient (Wildman–Crippen LogP) is 6.40. The zero-order valence-corrected chi connectivity index (χ0v) is 15.8. The van der Waals surface area contributed by atoms with Gasteiger partial charge in [0.2, 0.25) is 0 Å². The zero-order valence-electron chi connectivity index (χ0n) is 12.6. The minimum absolute atomic E-state index is 0.490. The highest BCUT2D eigenvalue weighted by Gasteiger charge is 2.09. The lowest BCUT2D eigenvalue weighted by Crippen LogP contribution is -1.92. The second-order valence-corrected chi connectivity index (χ2v) is 8.70. The van der Waals surface area contributed by atoms with Crippen molar-refractivity contribution in [1.82, 2.24) is 0 Å². The van der Waals surface area contributed by atoms with Crippen LogP contribution in [0.1, 0.15) is 4.88 Å². The molecule has 0 radical (unpaired) electrons. The molecule has 3 aromatic rings. The standard InChI is InChI=1S/C18H16ClNS3/c1-21-14-7-13(12-5-3-2-4-6-12)8-15(9-14)22-18-10-16(19)17(11-20)23-18/h2-10H,11,20H2,1H3. The highest BCUT2D eigenvalue weighted by atomic mass is 35.5. The third kappa shape index (κ3) is 4.14. The molecule has 0 spiro atoms. The number of hydrogen-bond donors (Lipinski definition) is 1. The van der Waals surface area contributed by atoms with Crippen molar-refractivity contribution in [2.45, 2.75) is 20.5 Å².